The molecule has 4 nitrogen and oxygen atoms in total. The molecule has 17 heavy (non-hydrogen) atoms. The van der Waals surface area contributed by atoms with Crippen LogP contribution in [0.2, 0.25) is 0 Å². The van der Waals surface area contributed by atoms with Crippen molar-refractivity contribution in [2.24, 2.45) is 0 Å². The van der Waals surface area contributed by atoms with E-state index in [9.17, 15) is 4.79 Å². The smallest absolute Gasteiger partial charge is 0.333 e. The monoisotopic (exact) mass is 240 g/mol. The summed E-state index contributed by atoms with van der Waals surface area (Å²) in [6.45, 7) is 6.32. The number of rotatable bonds is 5. The highest BCUT2D eigenvalue weighted by molar-refractivity contribution is 5.89. The highest BCUT2D eigenvalue weighted by Gasteiger charge is 2.49. The first kappa shape index (κ1) is 12.6. The van der Waals surface area contributed by atoms with Crippen LogP contribution in [0.3, 0.4) is 0 Å². The maximum Gasteiger partial charge on any atom is 0.333 e. The van der Waals surface area contributed by atoms with Gasteiger partial charge in [0.1, 0.15) is 12.2 Å². The fourth-order valence-corrected chi connectivity index (χ4v) is 2.04. The summed E-state index contributed by atoms with van der Waals surface area (Å²) in [5, 5.41) is 0. The summed E-state index contributed by atoms with van der Waals surface area (Å²) in [6.07, 6.45) is 3.86. The van der Waals surface area contributed by atoms with Crippen LogP contribution in [0, 0.1) is 0 Å². The molecule has 0 amide bonds. The SMILES string of the molecule is CCOC(=O)C1=C[C@H](OC(C)CC)[C@H]2O[C@H]2C1. The second-order valence-corrected chi connectivity index (χ2v) is 4.58. The molecule has 0 aromatic heterocycles. The maximum atomic E-state index is 11.7. The van der Waals surface area contributed by atoms with Crippen molar-refractivity contribution in [3.05, 3.63) is 11.6 Å². The van der Waals surface area contributed by atoms with Crippen molar-refractivity contribution < 1.29 is 19.0 Å². The summed E-state index contributed by atoms with van der Waals surface area (Å²) in [5.41, 5.74) is 0.693. The highest BCUT2D eigenvalue weighted by Crippen LogP contribution is 2.38. The lowest BCUT2D eigenvalue weighted by Gasteiger charge is -2.21. The molecule has 1 heterocycles. The third-order valence-electron chi connectivity index (χ3n) is 3.23. The van der Waals surface area contributed by atoms with Gasteiger partial charge in [0.15, 0.2) is 0 Å². The van der Waals surface area contributed by atoms with Gasteiger partial charge in [0.2, 0.25) is 0 Å². The summed E-state index contributed by atoms with van der Waals surface area (Å²) in [4.78, 5) is 11.7. The second kappa shape index (κ2) is 5.19. The van der Waals surface area contributed by atoms with Gasteiger partial charge in [-0.1, -0.05) is 6.92 Å². The Morgan fingerprint density at radius 3 is 3.00 bits per heavy atom. The number of fused-ring (bicyclic) bond motifs is 1. The van der Waals surface area contributed by atoms with Crippen molar-refractivity contribution in [3.8, 4) is 0 Å². The van der Waals surface area contributed by atoms with E-state index in [-0.39, 0.29) is 30.4 Å². The van der Waals surface area contributed by atoms with E-state index in [1.807, 2.05) is 19.9 Å². The Morgan fingerprint density at radius 2 is 2.35 bits per heavy atom. The van der Waals surface area contributed by atoms with Crippen LogP contribution in [0.15, 0.2) is 11.6 Å². The predicted molar refractivity (Wildman–Crippen MR) is 62.6 cm³/mol. The molecule has 1 aliphatic heterocycles. The Bertz CT molecular complexity index is 323. The van der Waals surface area contributed by atoms with Crippen LogP contribution < -0.4 is 0 Å². The van der Waals surface area contributed by atoms with Crippen LogP contribution in [0.4, 0.5) is 0 Å². The molecule has 1 aliphatic carbocycles. The molecule has 1 saturated heterocycles. The standard InChI is InChI=1S/C13H20O4/c1-4-8(3)16-10-6-9(13(14)15-5-2)7-11-12(10)17-11/h6,8,10-12H,4-5,7H2,1-3H3/t8?,10-,11-,12+/m0/s1. The number of hydrogen-bond donors (Lipinski definition) is 0. The van der Waals surface area contributed by atoms with Gasteiger partial charge in [-0.3, -0.25) is 0 Å². The number of esters is 1. The maximum absolute atomic E-state index is 11.7. The van der Waals surface area contributed by atoms with E-state index in [0.717, 1.165) is 6.42 Å². The molecule has 0 aromatic rings. The van der Waals surface area contributed by atoms with Gasteiger partial charge in [-0.15, -0.1) is 0 Å². The molecule has 1 unspecified atom stereocenters. The summed E-state index contributed by atoms with van der Waals surface area (Å²) >= 11 is 0. The molecule has 96 valence electrons. The third-order valence-corrected chi connectivity index (χ3v) is 3.23. The van der Waals surface area contributed by atoms with Crippen LogP contribution in [0.25, 0.3) is 0 Å². The summed E-state index contributed by atoms with van der Waals surface area (Å²) in [5.74, 6) is -0.237. The van der Waals surface area contributed by atoms with E-state index in [1.165, 1.54) is 0 Å². The van der Waals surface area contributed by atoms with E-state index in [4.69, 9.17) is 14.2 Å². The highest BCUT2D eigenvalue weighted by atomic mass is 16.6. The van der Waals surface area contributed by atoms with Gasteiger partial charge >= 0.3 is 5.97 Å². The van der Waals surface area contributed by atoms with Gasteiger partial charge in [-0.05, 0) is 26.3 Å². The number of hydrogen-bond acceptors (Lipinski definition) is 4. The second-order valence-electron chi connectivity index (χ2n) is 4.58. The third kappa shape index (κ3) is 2.87. The lowest BCUT2D eigenvalue weighted by molar-refractivity contribution is -0.138. The zero-order valence-electron chi connectivity index (χ0n) is 10.6. The van der Waals surface area contributed by atoms with Crippen molar-refractivity contribution in [2.75, 3.05) is 6.61 Å². The number of carbonyl (C=O) groups is 1. The fraction of sp³-hybridized carbons (Fsp3) is 0.769. The van der Waals surface area contributed by atoms with E-state index >= 15 is 0 Å². The van der Waals surface area contributed by atoms with E-state index in [2.05, 4.69) is 6.92 Å². The van der Waals surface area contributed by atoms with Crippen molar-refractivity contribution in [1.82, 2.24) is 0 Å². The minimum atomic E-state index is -0.237. The number of ether oxygens (including phenoxy) is 3. The Kier molecular flexibility index (Phi) is 3.84. The van der Waals surface area contributed by atoms with Gasteiger partial charge in [-0.25, -0.2) is 4.79 Å². The zero-order chi connectivity index (χ0) is 12.4. The lowest BCUT2D eigenvalue weighted by atomic mass is 9.97. The molecule has 2 aliphatic rings. The molecule has 2 rings (SSSR count). The molecular formula is C13H20O4. The van der Waals surface area contributed by atoms with Crippen molar-refractivity contribution in [1.29, 1.82) is 0 Å². The van der Waals surface area contributed by atoms with Gasteiger partial charge in [0, 0.05) is 12.0 Å². The van der Waals surface area contributed by atoms with Crippen molar-refractivity contribution >= 4 is 5.97 Å². The molecule has 0 saturated carbocycles. The molecule has 0 N–H and O–H groups in total. The average molecular weight is 240 g/mol. The van der Waals surface area contributed by atoms with Gasteiger partial charge in [-0.2, -0.15) is 0 Å². The van der Waals surface area contributed by atoms with Crippen LogP contribution in [0.1, 0.15) is 33.6 Å². The molecule has 4 heteroatoms. The number of carbonyl (C=O) groups excluding carboxylic acids is 1. The lowest BCUT2D eigenvalue weighted by Crippen LogP contribution is -2.29. The van der Waals surface area contributed by atoms with E-state index in [1.54, 1.807) is 0 Å². The van der Waals surface area contributed by atoms with Crippen LogP contribution >= 0.6 is 0 Å². The minimum absolute atomic E-state index is 0.0943. The molecule has 0 bridgehead atoms. The molecule has 4 atom stereocenters. The fourth-order valence-electron chi connectivity index (χ4n) is 2.04. The molecule has 0 spiro atoms. The zero-order valence-corrected chi connectivity index (χ0v) is 10.6. The number of epoxide rings is 1. The first-order valence-electron chi connectivity index (χ1n) is 6.34. The van der Waals surface area contributed by atoms with Crippen molar-refractivity contribution in [2.45, 2.75) is 58.0 Å². The summed E-state index contributed by atoms with van der Waals surface area (Å²) in [7, 11) is 0. The normalized spacial score (nSPS) is 32.4. The first-order valence-corrected chi connectivity index (χ1v) is 6.34. The van der Waals surface area contributed by atoms with E-state index < -0.39 is 0 Å². The Morgan fingerprint density at radius 1 is 1.59 bits per heavy atom. The topological polar surface area (TPSA) is 48.1 Å². The van der Waals surface area contributed by atoms with Gasteiger partial charge in [0.05, 0.1) is 18.8 Å². The van der Waals surface area contributed by atoms with Crippen LogP contribution in [0.5, 0.6) is 0 Å². The summed E-state index contributed by atoms with van der Waals surface area (Å²) < 4.78 is 16.4. The Labute approximate surface area is 102 Å². The van der Waals surface area contributed by atoms with Crippen LogP contribution in [-0.4, -0.2) is 37.0 Å². The van der Waals surface area contributed by atoms with Crippen LogP contribution in [-0.2, 0) is 19.0 Å². The predicted octanol–water partition coefficient (Wildman–Crippen LogP) is 1.83. The molecule has 0 radical (unpaired) electrons. The van der Waals surface area contributed by atoms with Gasteiger partial charge < -0.3 is 14.2 Å². The molecule has 1 fully saturated rings. The Hall–Kier alpha value is -0.870. The Balaban J connectivity index is 2.00. The summed E-state index contributed by atoms with van der Waals surface area (Å²) in [6, 6.07) is 0. The van der Waals surface area contributed by atoms with Crippen molar-refractivity contribution in [3.63, 3.8) is 0 Å². The van der Waals surface area contributed by atoms with E-state index in [0.29, 0.717) is 18.6 Å². The largest absolute Gasteiger partial charge is 0.463 e. The molecular weight excluding hydrogens is 220 g/mol. The quantitative estimate of drug-likeness (QED) is 0.543. The average Bonchev–Trinajstić information content (AvgIpc) is 3.08. The first-order chi connectivity index (χ1) is 8.15. The minimum Gasteiger partial charge on any atom is -0.463 e. The van der Waals surface area contributed by atoms with Gasteiger partial charge in [0.25, 0.3) is 0 Å². The molecule has 0 aromatic carbocycles.